The second kappa shape index (κ2) is 25.8. The number of carbonyl (C=O) groups excluding carboxylic acids is 2. The van der Waals surface area contributed by atoms with E-state index in [4.69, 9.17) is 67.4 Å². The van der Waals surface area contributed by atoms with Crippen molar-refractivity contribution >= 4 is 91.6 Å². The first-order valence-electron chi connectivity index (χ1n) is 23.7. The second-order valence-electron chi connectivity index (χ2n) is 17.7. The van der Waals surface area contributed by atoms with Crippen molar-refractivity contribution in [2.45, 2.75) is 97.2 Å². The minimum atomic E-state index is -1.05. The first-order valence-corrected chi connectivity index (χ1v) is 23.7. The summed E-state index contributed by atoms with van der Waals surface area (Å²) in [5.41, 5.74) is 35.5. The van der Waals surface area contributed by atoms with E-state index >= 15 is 0 Å². The molecule has 74 heavy (non-hydrogen) atoms. The number of carboxylic acids is 2. The molecule has 0 radical (unpaired) electrons. The van der Waals surface area contributed by atoms with Crippen LogP contribution in [0, 0.1) is 0 Å². The normalized spacial score (nSPS) is 11.4. The number of ether oxygens (including phenoxy) is 3. The molecule has 0 amide bonds. The van der Waals surface area contributed by atoms with Gasteiger partial charge in [-0.05, 0) is 89.4 Å². The van der Waals surface area contributed by atoms with Crippen molar-refractivity contribution in [3.05, 3.63) is 49.1 Å². The molecule has 0 aliphatic carbocycles. The first kappa shape index (κ1) is 55.0. The fourth-order valence-corrected chi connectivity index (χ4v) is 7.41. The predicted molar refractivity (Wildman–Crippen MR) is 273 cm³/mol. The van der Waals surface area contributed by atoms with Crippen molar-refractivity contribution in [3.8, 4) is 22.5 Å². The lowest BCUT2D eigenvalue weighted by atomic mass is 10.1. The zero-order valence-corrected chi connectivity index (χ0v) is 41.4. The number of carbonyl (C=O) groups is 4. The minimum absolute atomic E-state index is 0.0575. The summed E-state index contributed by atoms with van der Waals surface area (Å²) < 4.78 is 29.1. The molecule has 0 saturated carbocycles. The Bertz CT molecular complexity index is 3190. The summed E-state index contributed by atoms with van der Waals surface area (Å²) in [5.74, 6) is -1.51. The Kier molecular flexibility index (Phi) is 19.2. The maximum Gasteiger partial charge on any atom is 0.329 e. The molecule has 0 aliphatic heterocycles. The molecule has 0 fully saturated rings. The number of nitrogens with zero attached hydrogens (tertiary/aromatic N) is 10. The van der Waals surface area contributed by atoms with Gasteiger partial charge in [-0.3, -0.25) is 14.4 Å². The van der Waals surface area contributed by atoms with Crippen LogP contribution in [0.3, 0.4) is 0 Å². The Hall–Kier alpha value is -8.36. The van der Waals surface area contributed by atoms with Crippen molar-refractivity contribution in [3.63, 3.8) is 0 Å². The van der Waals surface area contributed by atoms with Crippen LogP contribution in [0.5, 0.6) is 0 Å². The van der Waals surface area contributed by atoms with Gasteiger partial charge in [-0.15, -0.1) is 0 Å². The van der Waals surface area contributed by atoms with E-state index in [1.807, 2.05) is 39.7 Å². The maximum atomic E-state index is 12.0. The molecule has 26 heteroatoms. The number of fused-ring (bicyclic) bond motifs is 4. The number of benzene rings is 2. The number of rotatable bonds is 23. The molecule has 26 nitrogen and oxygen atoms in total. The molecule has 0 saturated heterocycles. The molecule has 2 aromatic carbocycles. The molecule has 0 aliphatic rings. The predicted octanol–water partition coefficient (Wildman–Crippen LogP) is 5.17. The van der Waals surface area contributed by atoms with Crippen LogP contribution in [0.25, 0.3) is 66.8 Å². The van der Waals surface area contributed by atoms with E-state index in [2.05, 4.69) is 34.6 Å². The van der Waals surface area contributed by atoms with E-state index < -0.39 is 17.5 Å². The average molecular weight is 1020 g/mol. The molecule has 8 aromatic rings. The van der Waals surface area contributed by atoms with Crippen LogP contribution >= 0.6 is 0 Å². The number of carboxylic acid groups (broad SMARTS) is 2. The number of anilines is 4. The van der Waals surface area contributed by atoms with Gasteiger partial charge in [0.1, 0.15) is 64.7 Å². The van der Waals surface area contributed by atoms with Crippen LogP contribution < -0.4 is 28.7 Å². The molecule has 12 N–H and O–H groups in total. The van der Waals surface area contributed by atoms with Crippen molar-refractivity contribution in [1.29, 1.82) is 0 Å². The van der Waals surface area contributed by atoms with Crippen LogP contribution in [0.4, 0.5) is 23.7 Å². The molecule has 6 heterocycles. The van der Waals surface area contributed by atoms with Crippen LogP contribution in [0.1, 0.15) is 78.6 Å². The Morgan fingerprint density at radius 3 is 1.64 bits per heavy atom. The molecule has 0 unspecified atom stereocenters. The number of aromatic nitrogens is 10. The SMILES string of the molecule is CC(C)(C)OC(=O)CCOCC(=O)O.NCCCCn1nc(-c2ccc3oc(N)nc3c2)c2c(N)ncnc21.Nc1nc2cc(-c3nn(CCCCCC(=O)CCOCCC(=O)O)c4ncnc(N)c34)ccc2o1. The quantitative estimate of drug-likeness (QED) is 0.0321. The number of nitrogens with two attached hydrogens (primary N) is 5. The Balaban J connectivity index is 0.000000199. The van der Waals surface area contributed by atoms with Gasteiger partial charge in [0, 0.05) is 37.1 Å². The Labute approximate surface area is 422 Å². The smallest absolute Gasteiger partial charge is 0.329 e. The molecule has 394 valence electrons. The molecule has 8 rings (SSSR count). The lowest BCUT2D eigenvalue weighted by Crippen LogP contribution is -2.24. The van der Waals surface area contributed by atoms with Gasteiger partial charge in [-0.2, -0.15) is 20.2 Å². The molecule has 0 bridgehead atoms. The fraction of sp³-hybridized carbons (Fsp3) is 0.417. The second-order valence-corrected chi connectivity index (χ2v) is 17.7. The van der Waals surface area contributed by atoms with Gasteiger partial charge in [-0.1, -0.05) is 6.42 Å². The summed E-state index contributed by atoms with van der Waals surface area (Å²) in [7, 11) is 0. The molecule has 0 atom stereocenters. The summed E-state index contributed by atoms with van der Waals surface area (Å²) in [6.07, 6.45) is 7.87. The minimum Gasteiger partial charge on any atom is -0.481 e. The number of ketones is 1. The van der Waals surface area contributed by atoms with Gasteiger partial charge in [0.25, 0.3) is 12.0 Å². The summed E-state index contributed by atoms with van der Waals surface area (Å²) in [6.45, 7) is 7.33. The van der Waals surface area contributed by atoms with E-state index in [-0.39, 0.29) is 63.1 Å². The average Bonchev–Trinajstić information content (AvgIpc) is 4.12. The summed E-state index contributed by atoms with van der Waals surface area (Å²) in [5, 5.41) is 27.7. The van der Waals surface area contributed by atoms with Crippen LogP contribution in [0.2, 0.25) is 0 Å². The summed E-state index contributed by atoms with van der Waals surface area (Å²) in [6, 6.07) is 11.3. The van der Waals surface area contributed by atoms with E-state index in [9.17, 15) is 19.2 Å². The van der Waals surface area contributed by atoms with Gasteiger partial charge < -0.3 is 61.9 Å². The van der Waals surface area contributed by atoms with Crippen molar-refractivity contribution < 1.29 is 52.4 Å². The third-order valence-electron chi connectivity index (χ3n) is 10.7. The Morgan fingerprint density at radius 1 is 0.622 bits per heavy atom. The highest BCUT2D eigenvalue weighted by Crippen LogP contribution is 2.34. The highest BCUT2D eigenvalue weighted by Gasteiger charge is 2.20. The number of aliphatic carboxylic acids is 2. The number of unbranched alkanes of at least 4 members (excludes halogenated alkanes) is 3. The van der Waals surface area contributed by atoms with E-state index in [0.717, 1.165) is 48.6 Å². The van der Waals surface area contributed by atoms with Crippen molar-refractivity contribution in [2.75, 3.05) is 55.9 Å². The zero-order valence-electron chi connectivity index (χ0n) is 41.4. The van der Waals surface area contributed by atoms with Crippen LogP contribution in [-0.2, 0) is 46.5 Å². The third kappa shape index (κ3) is 15.6. The number of hydrogen-bond acceptors (Lipinski definition) is 22. The molecule has 0 spiro atoms. The largest absolute Gasteiger partial charge is 0.481 e. The number of Topliss-reactive ketones (excluding diaryl/α,β-unsaturated/α-hetero) is 1. The highest BCUT2D eigenvalue weighted by molar-refractivity contribution is 6.00. The standard InChI is InChI=1S/C23H27N7O5.C16H18N8O.C9H16O5/c24-21-19-20(14-5-6-17-16(12-14)28-23(25)35-17)29-30(22(19)27-13-26-21)9-3-1-2-4-15(31)7-10-34-11-8-18(32)33;17-5-1-2-6-24-15-12(14(18)20-8-21-15)13(23-24)9-3-4-11-10(7-9)22-16(19)25-11;1-9(2,3)14-8(12)4-5-13-6-7(10)11/h5-6,12-13H,1-4,7-11H2,(H2,25,28)(H,32,33)(H2,24,26,27);3-4,7-8H,1-2,5-6,17H2,(H2,19,22)(H2,18,20,21);4-6H2,1-3H3,(H,10,11). The van der Waals surface area contributed by atoms with Gasteiger partial charge in [0.2, 0.25) is 0 Å². The molecule has 6 aromatic heterocycles. The van der Waals surface area contributed by atoms with Gasteiger partial charge in [0.05, 0.1) is 43.4 Å². The number of oxazole rings is 2. The zero-order chi connectivity index (χ0) is 53.4. The van der Waals surface area contributed by atoms with E-state index in [1.54, 1.807) is 26.8 Å². The third-order valence-corrected chi connectivity index (χ3v) is 10.7. The lowest BCUT2D eigenvalue weighted by molar-refractivity contribution is -0.157. The van der Waals surface area contributed by atoms with Crippen LogP contribution in [0.15, 0.2) is 57.9 Å². The number of nitrogen functional groups attached to an aromatic ring is 4. The van der Waals surface area contributed by atoms with E-state index in [1.165, 1.54) is 12.7 Å². The monoisotopic (exact) mass is 1020 g/mol. The summed E-state index contributed by atoms with van der Waals surface area (Å²) >= 11 is 0. The summed E-state index contributed by atoms with van der Waals surface area (Å²) in [4.78, 5) is 68.8. The fourth-order valence-electron chi connectivity index (χ4n) is 7.41. The maximum absolute atomic E-state index is 12.0. The molecular formula is C48H61N15O11. The number of esters is 1. The lowest BCUT2D eigenvalue weighted by Gasteiger charge is -2.19. The van der Waals surface area contributed by atoms with Gasteiger partial charge in [-0.25, -0.2) is 34.1 Å². The Morgan fingerprint density at radius 2 is 1.14 bits per heavy atom. The van der Waals surface area contributed by atoms with Gasteiger partial charge >= 0.3 is 17.9 Å². The number of aryl methyl sites for hydroxylation is 2. The first-order chi connectivity index (χ1) is 35.4. The number of hydrogen-bond donors (Lipinski definition) is 7. The van der Waals surface area contributed by atoms with Crippen molar-refractivity contribution in [2.24, 2.45) is 5.73 Å². The van der Waals surface area contributed by atoms with E-state index in [0.29, 0.717) is 94.4 Å². The van der Waals surface area contributed by atoms with Crippen molar-refractivity contribution in [1.82, 2.24) is 49.5 Å². The van der Waals surface area contributed by atoms with Gasteiger partial charge in [0.15, 0.2) is 22.5 Å². The topological polar surface area (TPSA) is 406 Å². The van der Waals surface area contributed by atoms with Crippen LogP contribution in [-0.4, -0.2) is 122 Å². The molecular weight excluding hydrogens is 963 g/mol. The highest BCUT2D eigenvalue weighted by atomic mass is 16.6.